The minimum atomic E-state index is -3.78. The molecule has 3 heterocycles. The molecular weight excluding hydrogens is 400 g/mol. The zero-order valence-corrected chi connectivity index (χ0v) is 17.0. The van der Waals surface area contributed by atoms with Gasteiger partial charge in [0.05, 0.1) is 28.0 Å². The van der Waals surface area contributed by atoms with Crippen molar-refractivity contribution in [2.45, 2.75) is 37.6 Å². The maximum atomic E-state index is 13.3. The minimum Gasteiger partial charge on any atom is -0.356 e. The van der Waals surface area contributed by atoms with Crippen molar-refractivity contribution >= 4 is 21.6 Å². The molecule has 9 heteroatoms. The maximum absolute atomic E-state index is 13.3. The second-order valence-electron chi connectivity index (χ2n) is 6.75. The molecule has 0 saturated carbocycles. The summed E-state index contributed by atoms with van der Waals surface area (Å²) in [5.41, 5.74) is 2.00. The number of aromatic nitrogens is 3. The monoisotopic (exact) mass is 418 g/mol. The van der Waals surface area contributed by atoms with Crippen LogP contribution in [0, 0.1) is 13.8 Å². The van der Waals surface area contributed by atoms with Crippen molar-refractivity contribution in [3.05, 3.63) is 58.8 Å². The van der Waals surface area contributed by atoms with Crippen LogP contribution < -0.4 is 0 Å². The van der Waals surface area contributed by atoms with Crippen molar-refractivity contribution < 1.29 is 12.9 Å². The molecule has 0 N–H and O–H groups in total. The first-order valence-corrected chi connectivity index (χ1v) is 10.7. The number of rotatable bonds is 4. The highest BCUT2D eigenvalue weighted by Gasteiger charge is 2.39. The molecule has 28 heavy (non-hydrogen) atoms. The van der Waals surface area contributed by atoms with Crippen molar-refractivity contribution in [3.63, 3.8) is 0 Å². The van der Waals surface area contributed by atoms with Gasteiger partial charge in [-0.2, -0.15) is 4.31 Å². The molecular formula is C19H19ClN4O3S. The number of sulfonamides is 1. The molecule has 0 spiro atoms. The average Bonchev–Trinajstić information content (AvgIpc) is 3.31. The fraction of sp³-hybridized carbons (Fsp3) is 0.316. The van der Waals surface area contributed by atoms with E-state index in [0.29, 0.717) is 35.8 Å². The van der Waals surface area contributed by atoms with Crippen LogP contribution in [0.25, 0.3) is 11.3 Å². The number of nitrogens with zero attached hydrogens (tertiary/aromatic N) is 4. The number of benzene rings is 1. The lowest BCUT2D eigenvalue weighted by atomic mass is 10.0. The van der Waals surface area contributed by atoms with Crippen LogP contribution in [0.3, 0.4) is 0 Å². The van der Waals surface area contributed by atoms with E-state index in [1.165, 1.54) is 10.4 Å². The van der Waals surface area contributed by atoms with Gasteiger partial charge >= 0.3 is 0 Å². The van der Waals surface area contributed by atoms with Crippen LogP contribution in [0.2, 0.25) is 5.02 Å². The Hall–Kier alpha value is -2.29. The highest BCUT2D eigenvalue weighted by molar-refractivity contribution is 7.89. The van der Waals surface area contributed by atoms with Gasteiger partial charge in [-0.15, -0.1) is 0 Å². The van der Waals surface area contributed by atoms with Crippen LogP contribution in [0.5, 0.6) is 0 Å². The molecule has 1 atom stereocenters. The van der Waals surface area contributed by atoms with E-state index in [9.17, 15) is 8.42 Å². The van der Waals surface area contributed by atoms with Gasteiger partial charge in [-0.25, -0.2) is 18.4 Å². The third-order valence-corrected chi connectivity index (χ3v) is 7.18. The van der Waals surface area contributed by atoms with Gasteiger partial charge in [-0.05, 0) is 38.8 Å². The van der Waals surface area contributed by atoms with Gasteiger partial charge in [0.15, 0.2) is 5.76 Å². The van der Waals surface area contributed by atoms with E-state index in [2.05, 4.69) is 15.1 Å². The number of halogens is 1. The largest absolute Gasteiger partial charge is 0.356 e. The second kappa shape index (κ2) is 7.27. The lowest BCUT2D eigenvalue weighted by molar-refractivity contribution is 0.387. The van der Waals surface area contributed by atoms with Crippen LogP contribution in [0.4, 0.5) is 0 Å². The molecule has 0 aliphatic carbocycles. The Kier molecular flexibility index (Phi) is 4.95. The standard InChI is InChI=1S/C19H19ClN4O3S/c1-12-10-17(27-23-12)14-11-21-13(2)22-19(14)16-7-5-9-24(16)28(25,26)18-8-4-3-6-15(18)20/h3-4,6,8,10-11,16H,5,7,9H2,1-2H3. The van der Waals surface area contributed by atoms with Crippen LogP contribution in [-0.2, 0) is 10.0 Å². The Morgan fingerprint density at radius 1 is 1.25 bits per heavy atom. The van der Waals surface area contributed by atoms with E-state index in [1.807, 2.05) is 6.92 Å². The Morgan fingerprint density at radius 3 is 2.75 bits per heavy atom. The quantitative estimate of drug-likeness (QED) is 0.637. The van der Waals surface area contributed by atoms with E-state index in [0.717, 1.165) is 12.1 Å². The molecule has 146 valence electrons. The molecule has 1 unspecified atom stereocenters. The summed E-state index contributed by atoms with van der Waals surface area (Å²) in [5, 5.41) is 4.14. The minimum absolute atomic E-state index is 0.103. The summed E-state index contributed by atoms with van der Waals surface area (Å²) < 4.78 is 33.5. The lowest BCUT2D eigenvalue weighted by Gasteiger charge is -2.25. The molecule has 2 aromatic heterocycles. The van der Waals surface area contributed by atoms with Crippen LogP contribution in [0.15, 0.2) is 45.9 Å². The molecule has 1 aliphatic rings. The van der Waals surface area contributed by atoms with Gasteiger partial charge in [0.25, 0.3) is 0 Å². The Morgan fingerprint density at radius 2 is 2.04 bits per heavy atom. The molecule has 0 amide bonds. The molecule has 4 rings (SSSR count). The molecule has 1 aromatic carbocycles. The fourth-order valence-corrected chi connectivity index (χ4v) is 5.66. The fourth-order valence-electron chi connectivity index (χ4n) is 3.50. The van der Waals surface area contributed by atoms with Crippen LogP contribution >= 0.6 is 11.6 Å². The smallest absolute Gasteiger partial charge is 0.245 e. The van der Waals surface area contributed by atoms with Gasteiger partial charge in [0, 0.05) is 18.8 Å². The first kappa shape index (κ1) is 19.0. The van der Waals surface area contributed by atoms with E-state index < -0.39 is 16.1 Å². The maximum Gasteiger partial charge on any atom is 0.245 e. The molecule has 0 bridgehead atoms. The predicted octanol–water partition coefficient (Wildman–Crippen LogP) is 3.93. The molecule has 1 fully saturated rings. The predicted molar refractivity (Wildman–Crippen MR) is 104 cm³/mol. The summed E-state index contributed by atoms with van der Waals surface area (Å²) in [6.07, 6.45) is 3.04. The molecule has 1 saturated heterocycles. The van der Waals surface area contributed by atoms with Crippen molar-refractivity contribution in [2.24, 2.45) is 0 Å². The summed E-state index contributed by atoms with van der Waals surface area (Å²) in [6, 6.07) is 7.85. The summed E-state index contributed by atoms with van der Waals surface area (Å²) in [5.74, 6) is 1.09. The summed E-state index contributed by atoms with van der Waals surface area (Å²) in [7, 11) is -3.78. The first-order chi connectivity index (χ1) is 13.4. The Labute approximate surface area is 168 Å². The molecule has 3 aromatic rings. The third kappa shape index (κ3) is 3.32. The molecule has 7 nitrogen and oxygen atoms in total. The highest BCUT2D eigenvalue weighted by Crippen LogP contribution is 2.40. The van der Waals surface area contributed by atoms with Gasteiger partial charge in [0.2, 0.25) is 10.0 Å². The van der Waals surface area contributed by atoms with Crippen molar-refractivity contribution in [2.75, 3.05) is 6.54 Å². The topological polar surface area (TPSA) is 89.2 Å². The number of hydrogen-bond donors (Lipinski definition) is 0. The molecule has 0 radical (unpaired) electrons. The van der Waals surface area contributed by atoms with Gasteiger partial charge in [-0.3, -0.25) is 0 Å². The summed E-state index contributed by atoms with van der Waals surface area (Å²) >= 11 is 6.18. The normalized spacial score (nSPS) is 17.9. The SMILES string of the molecule is Cc1cc(-c2cnc(C)nc2C2CCCN2S(=O)(=O)c2ccccc2Cl)on1. The Balaban J connectivity index is 1.81. The van der Waals surface area contributed by atoms with Gasteiger partial charge in [-0.1, -0.05) is 28.9 Å². The van der Waals surface area contributed by atoms with Gasteiger partial charge in [0.1, 0.15) is 10.7 Å². The van der Waals surface area contributed by atoms with Crippen LogP contribution in [0.1, 0.15) is 36.1 Å². The average molecular weight is 419 g/mol. The van der Waals surface area contributed by atoms with E-state index in [-0.39, 0.29) is 9.92 Å². The highest BCUT2D eigenvalue weighted by atomic mass is 35.5. The molecule has 1 aliphatic heterocycles. The Bertz CT molecular complexity index is 1130. The van der Waals surface area contributed by atoms with Crippen molar-refractivity contribution in [1.29, 1.82) is 0 Å². The second-order valence-corrected chi connectivity index (χ2v) is 9.02. The zero-order valence-electron chi connectivity index (χ0n) is 15.5. The summed E-state index contributed by atoms with van der Waals surface area (Å²) in [6.45, 7) is 4.00. The first-order valence-electron chi connectivity index (χ1n) is 8.91. The van der Waals surface area contributed by atoms with Gasteiger partial charge < -0.3 is 4.52 Å². The lowest BCUT2D eigenvalue weighted by Crippen LogP contribution is -2.31. The van der Waals surface area contributed by atoms with Crippen LogP contribution in [-0.4, -0.2) is 34.4 Å². The zero-order chi connectivity index (χ0) is 19.9. The summed E-state index contributed by atoms with van der Waals surface area (Å²) in [4.78, 5) is 8.95. The van der Waals surface area contributed by atoms with Crippen molar-refractivity contribution in [3.8, 4) is 11.3 Å². The number of aryl methyl sites for hydroxylation is 2. The third-order valence-electron chi connectivity index (χ3n) is 4.77. The van der Waals surface area contributed by atoms with E-state index in [1.54, 1.807) is 37.4 Å². The van der Waals surface area contributed by atoms with Crippen molar-refractivity contribution in [1.82, 2.24) is 19.4 Å². The van der Waals surface area contributed by atoms with E-state index in [4.69, 9.17) is 16.1 Å². The number of hydrogen-bond acceptors (Lipinski definition) is 6. The van der Waals surface area contributed by atoms with E-state index >= 15 is 0 Å².